The Kier molecular flexibility index (Phi) is 3.22. The molecule has 0 amide bonds. The highest BCUT2D eigenvalue weighted by Crippen LogP contribution is 2.24. The van der Waals surface area contributed by atoms with Crippen LogP contribution in [0, 0.1) is 11.6 Å². The van der Waals surface area contributed by atoms with E-state index in [1.807, 2.05) is 0 Å². The molecule has 0 spiro atoms. The molecule has 1 aromatic rings. The molecule has 13 heavy (non-hydrogen) atoms. The Balaban J connectivity index is 3.20. The van der Waals surface area contributed by atoms with Gasteiger partial charge in [-0.25, -0.2) is 8.78 Å². The molecule has 1 atom stereocenters. The molecule has 4 heteroatoms. The standard InChI is InChI=1S/C9H10ClF2N/c1-2-8(13)9-6(11)3-5(10)4-7(9)12/h3-4,8H,2,13H2,1H3/t8-/m0/s1. The first-order chi connectivity index (χ1) is 6.06. The normalized spacial score (nSPS) is 13.0. The summed E-state index contributed by atoms with van der Waals surface area (Å²) in [5.74, 6) is -1.36. The molecule has 0 unspecified atom stereocenters. The summed E-state index contributed by atoms with van der Waals surface area (Å²) in [5.41, 5.74) is 5.43. The van der Waals surface area contributed by atoms with Crippen LogP contribution in [0.4, 0.5) is 8.78 Å². The molecule has 1 nitrogen and oxygen atoms in total. The molecule has 2 N–H and O–H groups in total. The van der Waals surface area contributed by atoms with Crippen LogP contribution in [0.5, 0.6) is 0 Å². The lowest BCUT2D eigenvalue weighted by Crippen LogP contribution is -2.13. The Morgan fingerprint density at radius 2 is 1.85 bits per heavy atom. The second-order valence-electron chi connectivity index (χ2n) is 2.80. The third kappa shape index (κ3) is 2.17. The minimum atomic E-state index is -0.681. The van der Waals surface area contributed by atoms with E-state index in [9.17, 15) is 8.78 Å². The number of halogens is 3. The summed E-state index contributed by atoms with van der Waals surface area (Å²) < 4.78 is 26.3. The minimum Gasteiger partial charge on any atom is -0.324 e. The molecule has 0 saturated heterocycles. The second kappa shape index (κ2) is 4.03. The molecule has 1 aromatic carbocycles. The van der Waals surface area contributed by atoms with Crippen LogP contribution in [-0.4, -0.2) is 0 Å². The average Bonchev–Trinajstić information content (AvgIpc) is 2.02. The van der Waals surface area contributed by atoms with E-state index in [2.05, 4.69) is 0 Å². The van der Waals surface area contributed by atoms with Crippen molar-refractivity contribution in [3.63, 3.8) is 0 Å². The zero-order valence-electron chi connectivity index (χ0n) is 7.15. The van der Waals surface area contributed by atoms with Crippen molar-refractivity contribution in [1.82, 2.24) is 0 Å². The van der Waals surface area contributed by atoms with E-state index in [1.54, 1.807) is 6.92 Å². The molecule has 0 aliphatic rings. The molecule has 0 bridgehead atoms. The number of hydrogen-bond acceptors (Lipinski definition) is 1. The Morgan fingerprint density at radius 1 is 1.38 bits per heavy atom. The van der Waals surface area contributed by atoms with Crippen LogP contribution >= 0.6 is 11.6 Å². The van der Waals surface area contributed by atoms with Gasteiger partial charge in [0, 0.05) is 16.6 Å². The Bertz CT molecular complexity index is 291. The quantitative estimate of drug-likeness (QED) is 0.789. The zero-order valence-corrected chi connectivity index (χ0v) is 7.91. The van der Waals surface area contributed by atoms with Crippen molar-refractivity contribution < 1.29 is 8.78 Å². The first-order valence-corrected chi connectivity index (χ1v) is 4.34. The van der Waals surface area contributed by atoms with Crippen LogP contribution in [-0.2, 0) is 0 Å². The molecule has 1 rings (SSSR count). The highest BCUT2D eigenvalue weighted by molar-refractivity contribution is 6.30. The second-order valence-corrected chi connectivity index (χ2v) is 3.23. The van der Waals surface area contributed by atoms with Gasteiger partial charge in [-0.2, -0.15) is 0 Å². The van der Waals surface area contributed by atoms with Crippen molar-refractivity contribution in [1.29, 1.82) is 0 Å². The van der Waals surface area contributed by atoms with E-state index < -0.39 is 17.7 Å². The van der Waals surface area contributed by atoms with Crippen molar-refractivity contribution in [2.45, 2.75) is 19.4 Å². The highest BCUT2D eigenvalue weighted by atomic mass is 35.5. The van der Waals surface area contributed by atoms with Crippen molar-refractivity contribution in [3.8, 4) is 0 Å². The summed E-state index contributed by atoms with van der Waals surface area (Å²) in [7, 11) is 0. The van der Waals surface area contributed by atoms with Crippen LogP contribution in [0.25, 0.3) is 0 Å². The fraction of sp³-hybridized carbons (Fsp3) is 0.333. The summed E-state index contributed by atoms with van der Waals surface area (Å²) in [4.78, 5) is 0. The van der Waals surface area contributed by atoms with Crippen LogP contribution < -0.4 is 5.73 Å². The van der Waals surface area contributed by atoms with E-state index >= 15 is 0 Å². The maximum atomic E-state index is 13.1. The summed E-state index contributed by atoms with van der Waals surface area (Å²) in [6.07, 6.45) is 0.482. The van der Waals surface area contributed by atoms with E-state index in [-0.39, 0.29) is 10.6 Å². The number of hydrogen-bond donors (Lipinski definition) is 1. The lowest BCUT2D eigenvalue weighted by atomic mass is 10.0. The van der Waals surface area contributed by atoms with Gasteiger partial charge in [-0.05, 0) is 18.6 Å². The van der Waals surface area contributed by atoms with Crippen molar-refractivity contribution in [2.24, 2.45) is 5.73 Å². The third-order valence-electron chi connectivity index (χ3n) is 1.85. The fourth-order valence-corrected chi connectivity index (χ4v) is 1.30. The highest BCUT2D eigenvalue weighted by Gasteiger charge is 2.15. The lowest BCUT2D eigenvalue weighted by molar-refractivity contribution is 0.520. The molecular formula is C9H10ClF2N. The third-order valence-corrected chi connectivity index (χ3v) is 2.07. The van der Waals surface area contributed by atoms with Gasteiger partial charge in [0.05, 0.1) is 0 Å². The molecule has 0 fully saturated rings. The number of nitrogens with two attached hydrogens (primary N) is 1. The van der Waals surface area contributed by atoms with Crippen molar-refractivity contribution >= 4 is 11.6 Å². The summed E-state index contributed by atoms with van der Waals surface area (Å²) in [6.45, 7) is 1.76. The van der Waals surface area contributed by atoms with Gasteiger partial charge in [0.2, 0.25) is 0 Å². The predicted octanol–water partition coefficient (Wildman–Crippen LogP) is 3.03. The summed E-state index contributed by atoms with van der Waals surface area (Å²) in [5, 5.41) is 0.0436. The molecule has 0 aliphatic carbocycles. The lowest BCUT2D eigenvalue weighted by Gasteiger charge is -2.11. The number of rotatable bonds is 2. The molecule has 72 valence electrons. The molecule has 0 aliphatic heterocycles. The maximum Gasteiger partial charge on any atom is 0.132 e. The van der Waals surface area contributed by atoms with Gasteiger partial charge in [0.1, 0.15) is 11.6 Å². The van der Waals surface area contributed by atoms with E-state index in [0.717, 1.165) is 12.1 Å². The van der Waals surface area contributed by atoms with Gasteiger partial charge in [-0.15, -0.1) is 0 Å². The Morgan fingerprint density at radius 3 is 2.23 bits per heavy atom. The zero-order chi connectivity index (χ0) is 10.0. The molecule has 0 saturated carbocycles. The Labute approximate surface area is 80.5 Å². The largest absolute Gasteiger partial charge is 0.324 e. The minimum absolute atomic E-state index is 0.0436. The van der Waals surface area contributed by atoms with Gasteiger partial charge in [-0.1, -0.05) is 18.5 Å². The maximum absolute atomic E-state index is 13.1. The van der Waals surface area contributed by atoms with Crippen molar-refractivity contribution in [2.75, 3.05) is 0 Å². The summed E-state index contributed by atoms with van der Waals surface area (Å²) in [6, 6.07) is 1.52. The van der Waals surface area contributed by atoms with E-state index in [4.69, 9.17) is 17.3 Å². The van der Waals surface area contributed by atoms with Gasteiger partial charge >= 0.3 is 0 Å². The fourth-order valence-electron chi connectivity index (χ4n) is 1.11. The SMILES string of the molecule is CC[C@H](N)c1c(F)cc(Cl)cc1F. The van der Waals surface area contributed by atoms with Gasteiger partial charge in [0.25, 0.3) is 0 Å². The van der Waals surface area contributed by atoms with Crippen LogP contribution in [0.1, 0.15) is 24.9 Å². The van der Waals surface area contributed by atoms with Gasteiger partial charge < -0.3 is 5.73 Å². The summed E-state index contributed by atoms with van der Waals surface area (Å²) >= 11 is 5.45. The van der Waals surface area contributed by atoms with E-state index in [1.165, 1.54) is 0 Å². The Hall–Kier alpha value is -0.670. The monoisotopic (exact) mass is 205 g/mol. The molecule has 0 heterocycles. The molecule has 0 aromatic heterocycles. The number of benzene rings is 1. The first-order valence-electron chi connectivity index (χ1n) is 3.96. The van der Waals surface area contributed by atoms with Crippen LogP contribution in [0.2, 0.25) is 5.02 Å². The topological polar surface area (TPSA) is 26.0 Å². The average molecular weight is 206 g/mol. The van der Waals surface area contributed by atoms with Gasteiger partial charge in [-0.3, -0.25) is 0 Å². The van der Waals surface area contributed by atoms with Crippen LogP contribution in [0.15, 0.2) is 12.1 Å². The van der Waals surface area contributed by atoms with E-state index in [0.29, 0.717) is 6.42 Å². The molecule has 0 radical (unpaired) electrons. The predicted molar refractivity (Wildman–Crippen MR) is 48.6 cm³/mol. The molecular weight excluding hydrogens is 196 g/mol. The van der Waals surface area contributed by atoms with Gasteiger partial charge in [0.15, 0.2) is 0 Å². The van der Waals surface area contributed by atoms with Crippen LogP contribution in [0.3, 0.4) is 0 Å². The first kappa shape index (κ1) is 10.4. The smallest absolute Gasteiger partial charge is 0.132 e. The van der Waals surface area contributed by atoms with Crippen molar-refractivity contribution in [3.05, 3.63) is 34.4 Å².